The first kappa shape index (κ1) is 23.3. The van der Waals surface area contributed by atoms with Gasteiger partial charge >= 0.3 is 0 Å². The number of thiophene rings is 1. The quantitative estimate of drug-likeness (QED) is 0.249. The number of nitrogens with zero attached hydrogens (tertiary/aromatic N) is 2. The van der Waals surface area contributed by atoms with Gasteiger partial charge in [0.1, 0.15) is 17.4 Å². The van der Waals surface area contributed by atoms with Crippen molar-refractivity contribution < 1.29 is 14.3 Å². The summed E-state index contributed by atoms with van der Waals surface area (Å²) >= 11 is 7.47. The summed E-state index contributed by atoms with van der Waals surface area (Å²) in [7, 11) is 1.51. The van der Waals surface area contributed by atoms with Crippen molar-refractivity contribution in [1.29, 1.82) is 5.26 Å². The summed E-state index contributed by atoms with van der Waals surface area (Å²) in [5.41, 5.74) is 9.12. The van der Waals surface area contributed by atoms with Crippen LogP contribution in [0, 0.1) is 11.3 Å². The molecule has 0 aliphatic rings. The molecule has 9 heteroatoms. The lowest BCUT2D eigenvalue weighted by atomic mass is 9.97. The summed E-state index contributed by atoms with van der Waals surface area (Å²) in [5.74, 6) is 0.214. The van der Waals surface area contributed by atoms with Gasteiger partial charge in [-0.15, -0.1) is 11.3 Å². The number of aromatic nitrogens is 1. The van der Waals surface area contributed by atoms with Gasteiger partial charge in [-0.25, -0.2) is 4.98 Å². The van der Waals surface area contributed by atoms with Gasteiger partial charge < -0.3 is 20.5 Å². The molecule has 1 amide bonds. The topological polar surface area (TPSA) is 110 Å². The van der Waals surface area contributed by atoms with Crippen LogP contribution >= 0.6 is 22.9 Å². The number of pyridine rings is 1. The minimum absolute atomic E-state index is 0.00761. The van der Waals surface area contributed by atoms with Crippen LogP contribution in [0.25, 0.3) is 22.4 Å². The zero-order valence-electron chi connectivity index (χ0n) is 18.0. The van der Waals surface area contributed by atoms with E-state index in [1.54, 1.807) is 60.0 Å². The smallest absolute Gasteiger partial charge is 0.266 e. The summed E-state index contributed by atoms with van der Waals surface area (Å²) < 4.78 is 10.7. The number of anilines is 2. The van der Waals surface area contributed by atoms with Crippen molar-refractivity contribution >= 4 is 40.4 Å². The fourth-order valence-electron chi connectivity index (χ4n) is 3.35. The first-order valence-corrected chi connectivity index (χ1v) is 11.3. The molecule has 0 bridgehead atoms. The Kier molecular flexibility index (Phi) is 7.09. The number of rotatable bonds is 7. The number of nitrogen functional groups attached to an aromatic ring is 1. The fourth-order valence-corrected chi connectivity index (χ4v) is 4.13. The number of amides is 1. The normalized spacial score (nSPS) is 10.5. The minimum atomic E-state index is -0.360. The number of hydrogen-bond acceptors (Lipinski definition) is 7. The van der Waals surface area contributed by atoms with Crippen LogP contribution in [0.4, 0.5) is 11.5 Å². The van der Waals surface area contributed by atoms with Gasteiger partial charge in [0, 0.05) is 28.9 Å². The number of halogens is 1. The molecule has 170 valence electrons. The van der Waals surface area contributed by atoms with Crippen LogP contribution in [0.15, 0.2) is 66.0 Å². The van der Waals surface area contributed by atoms with Gasteiger partial charge in [-0.2, -0.15) is 5.26 Å². The highest BCUT2D eigenvalue weighted by molar-refractivity contribution is 7.12. The molecule has 0 aliphatic heterocycles. The number of ether oxygens (including phenoxy) is 2. The lowest BCUT2D eigenvalue weighted by Gasteiger charge is -2.16. The highest BCUT2D eigenvalue weighted by Crippen LogP contribution is 2.37. The lowest BCUT2D eigenvalue weighted by Crippen LogP contribution is -2.14. The van der Waals surface area contributed by atoms with E-state index in [1.165, 1.54) is 18.4 Å². The van der Waals surface area contributed by atoms with E-state index in [1.807, 2.05) is 6.07 Å². The molecule has 7 nitrogen and oxygen atoms in total. The van der Waals surface area contributed by atoms with E-state index in [-0.39, 0.29) is 24.1 Å². The lowest BCUT2D eigenvalue weighted by molar-refractivity contribution is 0.0515. The van der Waals surface area contributed by atoms with Crippen LogP contribution in [0.2, 0.25) is 5.02 Å². The van der Waals surface area contributed by atoms with Crippen molar-refractivity contribution in [2.45, 2.75) is 0 Å². The third-order valence-electron chi connectivity index (χ3n) is 4.86. The first-order chi connectivity index (χ1) is 16.5. The maximum Gasteiger partial charge on any atom is 0.266 e. The standard InChI is InChI=1S/C25H19ClN4O3S/c1-32-14-33-22-11-16(26)7-8-18(22)21-12-19(15-4-2-5-17(28)10-15)20(13-27)24(29-21)30-25(31)23-6-3-9-34-23/h2-12H,14,28H2,1H3,(H,29,30,31). The van der Waals surface area contributed by atoms with Crippen LogP contribution < -0.4 is 15.8 Å². The van der Waals surface area contributed by atoms with Gasteiger partial charge in [0.2, 0.25) is 0 Å². The number of carbonyl (C=O) groups excluding carboxylic acids is 1. The van der Waals surface area contributed by atoms with Gasteiger partial charge in [0.25, 0.3) is 5.91 Å². The Morgan fingerprint density at radius 1 is 1.18 bits per heavy atom. The zero-order valence-corrected chi connectivity index (χ0v) is 19.6. The molecule has 0 atom stereocenters. The second-order valence-electron chi connectivity index (χ2n) is 7.14. The van der Waals surface area contributed by atoms with E-state index in [9.17, 15) is 10.1 Å². The van der Waals surface area contributed by atoms with Crippen LogP contribution in [-0.4, -0.2) is 24.8 Å². The Balaban J connectivity index is 1.92. The van der Waals surface area contributed by atoms with Crippen LogP contribution in [0.5, 0.6) is 5.75 Å². The Hall–Kier alpha value is -3.90. The van der Waals surface area contributed by atoms with E-state index in [2.05, 4.69) is 16.4 Å². The van der Waals surface area contributed by atoms with Crippen molar-refractivity contribution in [2.24, 2.45) is 0 Å². The predicted octanol–water partition coefficient (Wildman–Crippen LogP) is 5.82. The van der Waals surface area contributed by atoms with E-state index in [4.69, 9.17) is 26.8 Å². The summed E-state index contributed by atoms with van der Waals surface area (Å²) in [6.07, 6.45) is 0. The SMILES string of the molecule is COCOc1cc(Cl)ccc1-c1cc(-c2cccc(N)c2)c(C#N)c(NC(=O)c2cccs2)n1. The fraction of sp³-hybridized carbons (Fsp3) is 0.0800. The molecule has 4 rings (SSSR count). The second kappa shape index (κ2) is 10.4. The molecule has 0 fully saturated rings. The monoisotopic (exact) mass is 490 g/mol. The second-order valence-corrected chi connectivity index (χ2v) is 8.52. The molecular formula is C25H19ClN4O3S. The molecule has 0 spiro atoms. The van der Waals surface area contributed by atoms with Crippen molar-refractivity contribution in [1.82, 2.24) is 4.98 Å². The maximum absolute atomic E-state index is 12.8. The maximum atomic E-state index is 12.8. The molecule has 0 saturated heterocycles. The molecule has 34 heavy (non-hydrogen) atoms. The Morgan fingerprint density at radius 3 is 2.74 bits per heavy atom. The first-order valence-electron chi connectivity index (χ1n) is 10.1. The Bertz CT molecular complexity index is 1380. The minimum Gasteiger partial charge on any atom is -0.467 e. The molecule has 2 aromatic carbocycles. The number of nitrogens with one attached hydrogen (secondary N) is 1. The van der Waals surface area contributed by atoms with Gasteiger partial charge in [-0.3, -0.25) is 4.79 Å². The van der Waals surface area contributed by atoms with E-state index >= 15 is 0 Å². The summed E-state index contributed by atoms with van der Waals surface area (Å²) in [6, 6.07) is 19.7. The molecule has 0 saturated carbocycles. The molecular weight excluding hydrogens is 472 g/mol. The van der Waals surface area contributed by atoms with Crippen LogP contribution in [-0.2, 0) is 4.74 Å². The highest BCUT2D eigenvalue weighted by atomic mass is 35.5. The summed E-state index contributed by atoms with van der Waals surface area (Å²) in [5, 5.41) is 15.1. The number of nitrogens with two attached hydrogens (primary N) is 1. The molecule has 3 N–H and O–H groups in total. The average molecular weight is 491 g/mol. The van der Waals surface area contributed by atoms with Crippen molar-refractivity contribution in [2.75, 3.05) is 25.0 Å². The third-order valence-corrected chi connectivity index (χ3v) is 5.96. The summed E-state index contributed by atoms with van der Waals surface area (Å²) in [6.45, 7) is 0.00761. The number of nitriles is 1. The average Bonchev–Trinajstić information content (AvgIpc) is 3.37. The number of methoxy groups -OCH3 is 1. The van der Waals surface area contributed by atoms with Crippen LogP contribution in [0.1, 0.15) is 15.2 Å². The van der Waals surface area contributed by atoms with Crippen molar-refractivity contribution in [3.8, 4) is 34.2 Å². The Labute approximate surface area is 205 Å². The molecule has 0 aliphatic carbocycles. The molecule has 4 aromatic rings. The predicted molar refractivity (Wildman–Crippen MR) is 134 cm³/mol. The van der Waals surface area contributed by atoms with E-state index in [0.29, 0.717) is 43.7 Å². The molecule has 2 heterocycles. The van der Waals surface area contributed by atoms with Crippen molar-refractivity contribution in [3.05, 3.63) is 81.5 Å². The summed E-state index contributed by atoms with van der Waals surface area (Å²) in [4.78, 5) is 17.9. The Morgan fingerprint density at radius 2 is 2.03 bits per heavy atom. The highest BCUT2D eigenvalue weighted by Gasteiger charge is 2.20. The molecule has 0 unspecified atom stereocenters. The van der Waals surface area contributed by atoms with E-state index in [0.717, 1.165) is 0 Å². The number of carbonyl (C=O) groups is 1. The van der Waals surface area contributed by atoms with Crippen molar-refractivity contribution in [3.63, 3.8) is 0 Å². The third kappa shape index (κ3) is 5.02. The number of hydrogen-bond donors (Lipinski definition) is 2. The van der Waals surface area contributed by atoms with Gasteiger partial charge in [0.05, 0.1) is 10.6 Å². The van der Waals surface area contributed by atoms with Crippen LogP contribution in [0.3, 0.4) is 0 Å². The number of benzene rings is 2. The largest absolute Gasteiger partial charge is 0.467 e. The van der Waals surface area contributed by atoms with Gasteiger partial charge in [0.15, 0.2) is 12.6 Å². The van der Waals surface area contributed by atoms with Gasteiger partial charge in [-0.05, 0) is 53.4 Å². The van der Waals surface area contributed by atoms with Gasteiger partial charge in [-0.1, -0.05) is 29.8 Å². The zero-order chi connectivity index (χ0) is 24.1. The molecule has 0 radical (unpaired) electrons. The molecule has 2 aromatic heterocycles. The van der Waals surface area contributed by atoms with E-state index < -0.39 is 0 Å².